The van der Waals surface area contributed by atoms with Gasteiger partial charge in [-0.1, -0.05) is 18.2 Å². The predicted molar refractivity (Wildman–Crippen MR) is 148 cm³/mol. The summed E-state index contributed by atoms with van der Waals surface area (Å²) in [6.07, 6.45) is 1.21. The summed E-state index contributed by atoms with van der Waals surface area (Å²) in [5.74, 6) is -0.228. The SMILES string of the molecule is Cc1nc(-c2ccc(N3CCN(C(C)C)CC3)c(F)c2)cc2c1cc(-c1ccc(S(C)(=O)=O)cc1)n2C. The molecule has 0 bridgehead atoms. The molecule has 1 aliphatic heterocycles. The van der Waals surface area contributed by atoms with E-state index in [1.807, 2.05) is 44.3 Å². The highest BCUT2D eigenvalue weighted by atomic mass is 32.2. The maximum Gasteiger partial charge on any atom is 0.175 e. The Balaban J connectivity index is 1.46. The van der Waals surface area contributed by atoms with Gasteiger partial charge in [0, 0.05) is 67.9 Å². The third-order valence-corrected chi connectivity index (χ3v) is 8.57. The molecule has 1 saturated heterocycles. The number of aromatic nitrogens is 2. The summed E-state index contributed by atoms with van der Waals surface area (Å²) < 4.78 is 41.0. The van der Waals surface area contributed by atoms with E-state index in [0.717, 1.165) is 65.3 Å². The molecule has 2 aromatic carbocycles. The van der Waals surface area contributed by atoms with Crippen LogP contribution in [0.15, 0.2) is 59.5 Å². The second-order valence-corrected chi connectivity index (χ2v) is 12.2. The van der Waals surface area contributed by atoms with Crippen molar-refractivity contribution in [1.29, 1.82) is 0 Å². The molecule has 3 heterocycles. The van der Waals surface area contributed by atoms with Gasteiger partial charge >= 0.3 is 0 Å². The van der Waals surface area contributed by atoms with Gasteiger partial charge in [0.2, 0.25) is 0 Å². The number of sulfone groups is 1. The van der Waals surface area contributed by atoms with Crippen molar-refractivity contribution < 1.29 is 12.8 Å². The highest BCUT2D eigenvalue weighted by molar-refractivity contribution is 7.90. The van der Waals surface area contributed by atoms with Crippen LogP contribution >= 0.6 is 0 Å². The van der Waals surface area contributed by atoms with Crippen molar-refractivity contribution in [3.63, 3.8) is 0 Å². The minimum atomic E-state index is -3.25. The first kappa shape index (κ1) is 25.4. The number of piperazine rings is 1. The highest BCUT2D eigenvalue weighted by Crippen LogP contribution is 2.33. The van der Waals surface area contributed by atoms with E-state index in [1.165, 1.54) is 6.26 Å². The van der Waals surface area contributed by atoms with Crippen molar-refractivity contribution in [3.8, 4) is 22.5 Å². The molecule has 0 radical (unpaired) electrons. The standard InChI is InChI=1S/C29H33FN4O2S/c1-19(2)33-12-14-34(15-13-33)27-11-8-22(16-25(27)30)26-18-29-24(20(3)31-26)17-28(32(29)4)21-6-9-23(10-7-21)37(5,35)36/h6-11,16-19H,12-15H2,1-5H3. The Hall–Kier alpha value is -3.23. The molecule has 0 unspecified atom stereocenters. The minimum Gasteiger partial charge on any atom is -0.367 e. The van der Waals surface area contributed by atoms with Crippen molar-refractivity contribution in [3.05, 3.63) is 66.1 Å². The van der Waals surface area contributed by atoms with Crippen molar-refractivity contribution in [2.75, 3.05) is 37.3 Å². The van der Waals surface area contributed by atoms with Gasteiger partial charge in [0.15, 0.2) is 9.84 Å². The van der Waals surface area contributed by atoms with Crippen molar-refractivity contribution in [2.45, 2.75) is 31.7 Å². The van der Waals surface area contributed by atoms with Crippen LogP contribution in [0.3, 0.4) is 0 Å². The van der Waals surface area contributed by atoms with E-state index in [9.17, 15) is 8.42 Å². The van der Waals surface area contributed by atoms with Crippen LogP contribution < -0.4 is 4.90 Å². The van der Waals surface area contributed by atoms with E-state index in [1.54, 1.807) is 18.2 Å². The molecule has 2 aromatic heterocycles. The third-order valence-electron chi connectivity index (χ3n) is 7.44. The zero-order chi connectivity index (χ0) is 26.5. The molecular weight excluding hydrogens is 487 g/mol. The predicted octanol–water partition coefficient (Wildman–Crippen LogP) is 5.29. The molecule has 4 aromatic rings. The van der Waals surface area contributed by atoms with Gasteiger partial charge in [-0.25, -0.2) is 12.8 Å². The van der Waals surface area contributed by atoms with Crippen LogP contribution in [0, 0.1) is 12.7 Å². The number of nitrogens with zero attached hydrogens (tertiary/aromatic N) is 4. The second-order valence-electron chi connectivity index (χ2n) is 10.2. The highest BCUT2D eigenvalue weighted by Gasteiger charge is 2.22. The van der Waals surface area contributed by atoms with Crippen LogP contribution in [0.5, 0.6) is 0 Å². The Morgan fingerprint density at radius 2 is 1.57 bits per heavy atom. The van der Waals surface area contributed by atoms with E-state index in [2.05, 4.69) is 34.3 Å². The summed E-state index contributed by atoms with van der Waals surface area (Å²) >= 11 is 0. The molecule has 8 heteroatoms. The summed E-state index contributed by atoms with van der Waals surface area (Å²) in [5, 5.41) is 1.01. The van der Waals surface area contributed by atoms with Crippen molar-refractivity contribution in [1.82, 2.24) is 14.5 Å². The molecule has 0 amide bonds. The molecule has 37 heavy (non-hydrogen) atoms. The number of pyridine rings is 1. The first-order valence-corrected chi connectivity index (χ1v) is 14.5. The van der Waals surface area contributed by atoms with Crippen LogP contribution in [-0.2, 0) is 16.9 Å². The molecule has 0 N–H and O–H groups in total. The van der Waals surface area contributed by atoms with Gasteiger partial charge in [0.25, 0.3) is 0 Å². The van der Waals surface area contributed by atoms with E-state index in [4.69, 9.17) is 4.98 Å². The Morgan fingerprint density at radius 1 is 0.919 bits per heavy atom. The fraction of sp³-hybridized carbons (Fsp3) is 0.345. The zero-order valence-electron chi connectivity index (χ0n) is 22.0. The van der Waals surface area contributed by atoms with E-state index in [-0.39, 0.29) is 5.82 Å². The molecule has 5 rings (SSSR count). The normalized spacial score (nSPS) is 15.2. The number of hydrogen-bond acceptors (Lipinski definition) is 5. The number of fused-ring (bicyclic) bond motifs is 1. The average Bonchev–Trinajstić information content (AvgIpc) is 3.20. The van der Waals surface area contributed by atoms with Gasteiger partial charge in [-0.2, -0.15) is 0 Å². The smallest absolute Gasteiger partial charge is 0.175 e. The number of rotatable bonds is 5. The van der Waals surface area contributed by atoms with Gasteiger partial charge in [-0.3, -0.25) is 9.88 Å². The lowest BCUT2D eigenvalue weighted by molar-refractivity contribution is 0.209. The van der Waals surface area contributed by atoms with Gasteiger partial charge in [0.1, 0.15) is 5.82 Å². The number of anilines is 1. The summed E-state index contributed by atoms with van der Waals surface area (Å²) in [5.41, 5.74) is 5.82. The quantitative estimate of drug-likeness (QED) is 0.358. The molecule has 1 aliphatic rings. The molecular formula is C29H33FN4O2S. The Morgan fingerprint density at radius 3 is 2.16 bits per heavy atom. The Labute approximate surface area is 218 Å². The number of hydrogen-bond donors (Lipinski definition) is 0. The average molecular weight is 521 g/mol. The van der Waals surface area contributed by atoms with Gasteiger partial charge in [-0.05, 0) is 62.7 Å². The van der Waals surface area contributed by atoms with Crippen molar-refractivity contribution in [2.24, 2.45) is 7.05 Å². The topological polar surface area (TPSA) is 58.4 Å². The molecule has 0 atom stereocenters. The van der Waals surface area contributed by atoms with Crippen LogP contribution in [0.1, 0.15) is 19.5 Å². The summed E-state index contributed by atoms with van der Waals surface area (Å²) in [7, 11) is -1.27. The second kappa shape index (κ2) is 9.58. The van der Waals surface area contributed by atoms with E-state index >= 15 is 4.39 Å². The zero-order valence-corrected chi connectivity index (χ0v) is 22.8. The third kappa shape index (κ3) is 4.88. The number of benzene rings is 2. The lowest BCUT2D eigenvalue weighted by atomic mass is 10.1. The monoisotopic (exact) mass is 520 g/mol. The first-order valence-electron chi connectivity index (χ1n) is 12.6. The van der Waals surface area contributed by atoms with Crippen LogP contribution in [-0.4, -0.2) is 61.3 Å². The minimum absolute atomic E-state index is 0.228. The lowest BCUT2D eigenvalue weighted by Crippen LogP contribution is -2.49. The van der Waals surface area contributed by atoms with Gasteiger partial charge in [0.05, 0.1) is 21.8 Å². The first-order chi connectivity index (χ1) is 17.5. The van der Waals surface area contributed by atoms with Crippen LogP contribution in [0.2, 0.25) is 0 Å². The summed E-state index contributed by atoms with van der Waals surface area (Å²) in [4.78, 5) is 9.63. The van der Waals surface area contributed by atoms with E-state index in [0.29, 0.717) is 16.6 Å². The molecule has 6 nitrogen and oxygen atoms in total. The van der Waals surface area contributed by atoms with Crippen molar-refractivity contribution >= 4 is 26.4 Å². The summed E-state index contributed by atoms with van der Waals surface area (Å²) in [6, 6.07) is 16.9. The van der Waals surface area contributed by atoms with E-state index < -0.39 is 9.84 Å². The molecule has 1 fully saturated rings. The number of aryl methyl sites for hydroxylation is 2. The maximum absolute atomic E-state index is 15.3. The number of halogens is 1. The largest absolute Gasteiger partial charge is 0.367 e. The fourth-order valence-electron chi connectivity index (χ4n) is 5.18. The van der Waals surface area contributed by atoms with Crippen LogP contribution in [0.4, 0.5) is 10.1 Å². The fourth-order valence-corrected chi connectivity index (χ4v) is 5.82. The lowest BCUT2D eigenvalue weighted by Gasteiger charge is -2.38. The van der Waals surface area contributed by atoms with Crippen LogP contribution in [0.25, 0.3) is 33.4 Å². The maximum atomic E-state index is 15.3. The molecule has 194 valence electrons. The molecule has 0 aliphatic carbocycles. The Kier molecular flexibility index (Phi) is 6.58. The summed E-state index contributed by atoms with van der Waals surface area (Å²) in [6.45, 7) is 9.85. The molecule has 0 spiro atoms. The van der Waals surface area contributed by atoms with Gasteiger partial charge in [-0.15, -0.1) is 0 Å². The Bertz CT molecular complexity index is 1570. The molecule has 0 saturated carbocycles. The van der Waals surface area contributed by atoms with Gasteiger partial charge < -0.3 is 9.47 Å².